The highest BCUT2D eigenvalue weighted by molar-refractivity contribution is 5.76. The molecule has 12 unspecified atom stereocenters. The van der Waals surface area contributed by atoms with Crippen molar-refractivity contribution in [2.75, 3.05) is 19.8 Å². The molecule has 0 aromatic heterocycles. The second kappa shape index (κ2) is 71.1. The number of allylic oxidation sites excluding steroid dienone is 5. The number of nitrogens with one attached hydrogen (secondary N) is 1. The Hall–Kier alpha value is -1.79. The van der Waals surface area contributed by atoms with E-state index in [2.05, 4.69) is 43.5 Å². The number of amides is 1. The first-order valence-corrected chi connectivity index (χ1v) is 43.7. The Balaban J connectivity index is 1.56. The average Bonchev–Trinajstić information content (AvgIpc) is 0.790. The Morgan fingerprint density at radius 3 is 0.990 bits per heavy atom. The highest BCUT2D eigenvalue weighted by Crippen LogP contribution is 2.31. The van der Waals surface area contributed by atoms with Gasteiger partial charge < -0.3 is 65.1 Å². The SMILES string of the molecule is CCCCCCC/C=C\C/C=C\CCCCCCCCCCCCCCCCCCCCCCCCCCCCCC(=O)NC(COC1OC(CO)C(OC2OC(CO)C(O)C(O)C2O)C(O)C1O)C(O)/C=C/CCCCCCCCCCCCCCCCCCCCCCCCCCCC. The molecule has 2 aliphatic rings. The largest absolute Gasteiger partial charge is 0.394 e. The maximum absolute atomic E-state index is 13.4. The van der Waals surface area contributed by atoms with Gasteiger partial charge in [0.15, 0.2) is 12.6 Å². The minimum Gasteiger partial charge on any atom is -0.394 e. The van der Waals surface area contributed by atoms with Gasteiger partial charge in [-0.1, -0.05) is 397 Å². The molecule has 14 nitrogen and oxygen atoms in total. The summed E-state index contributed by atoms with van der Waals surface area (Å²) >= 11 is 0. The summed E-state index contributed by atoms with van der Waals surface area (Å²) in [4.78, 5) is 13.4. The van der Waals surface area contributed by atoms with Crippen molar-refractivity contribution in [2.24, 2.45) is 0 Å². The van der Waals surface area contributed by atoms with Crippen LogP contribution in [0, 0.1) is 0 Å². The first kappa shape index (κ1) is 95.3. The summed E-state index contributed by atoms with van der Waals surface area (Å²) in [6.07, 6.45) is 78.3. The van der Waals surface area contributed by atoms with Gasteiger partial charge in [-0.15, -0.1) is 0 Å². The number of aliphatic hydroxyl groups is 8. The van der Waals surface area contributed by atoms with Crippen LogP contribution < -0.4 is 5.32 Å². The summed E-state index contributed by atoms with van der Waals surface area (Å²) < 4.78 is 23.0. The smallest absolute Gasteiger partial charge is 0.220 e. The summed E-state index contributed by atoms with van der Waals surface area (Å²) in [7, 11) is 0. The highest BCUT2D eigenvalue weighted by Gasteiger charge is 2.51. The molecule has 1 amide bonds. The molecule has 0 bridgehead atoms. The van der Waals surface area contributed by atoms with Crippen molar-refractivity contribution in [3.63, 3.8) is 0 Å². The van der Waals surface area contributed by atoms with E-state index in [9.17, 15) is 45.6 Å². The second-order valence-electron chi connectivity index (χ2n) is 31.0. The van der Waals surface area contributed by atoms with Crippen molar-refractivity contribution < 1.29 is 64.6 Å². The summed E-state index contributed by atoms with van der Waals surface area (Å²) in [5, 5.41) is 87.8. The molecular formula is C87H165NO13. The monoisotopic (exact) mass is 1430 g/mol. The number of aliphatic hydroxyl groups excluding tert-OH is 8. The minimum atomic E-state index is -1.79. The van der Waals surface area contributed by atoms with E-state index in [-0.39, 0.29) is 18.9 Å². The molecule has 101 heavy (non-hydrogen) atoms. The lowest BCUT2D eigenvalue weighted by Crippen LogP contribution is -2.65. The van der Waals surface area contributed by atoms with E-state index in [4.69, 9.17) is 18.9 Å². The van der Waals surface area contributed by atoms with Crippen molar-refractivity contribution in [1.82, 2.24) is 5.32 Å². The fourth-order valence-electron chi connectivity index (χ4n) is 14.7. The van der Waals surface area contributed by atoms with E-state index < -0.39 is 86.8 Å². The number of unbranched alkanes of at least 4 members (excludes halogenated alkanes) is 58. The number of carbonyl (C=O) groups is 1. The van der Waals surface area contributed by atoms with Crippen LogP contribution in [0.25, 0.3) is 0 Å². The van der Waals surface area contributed by atoms with E-state index in [0.29, 0.717) is 6.42 Å². The molecule has 0 radical (unpaired) electrons. The predicted octanol–water partition coefficient (Wildman–Crippen LogP) is 20.8. The van der Waals surface area contributed by atoms with E-state index in [1.165, 1.54) is 347 Å². The van der Waals surface area contributed by atoms with Gasteiger partial charge in [-0.2, -0.15) is 0 Å². The Morgan fingerprint density at radius 2 is 0.653 bits per heavy atom. The Bertz CT molecular complexity index is 1840. The zero-order valence-corrected chi connectivity index (χ0v) is 65.7. The van der Waals surface area contributed by atoms with Gasteiger partial charge in [0.05, 0.1) is 32.0 Å². The molecule has 0 saturated carbocycles. The normalized spacial score (nSPS) is 21.8. The first-order chi connectivity index (χ1) is 49.6. The zero-order chi connectivity index (χ0) is 73.0. The zero-order valence-electron chi connectivity index (χ0n) is 65.7. The summed E-state index contributed by atoms with van der Waals surface area (Å²) in [6.45, 7) is 2.86. The molecule has 0 aromatic rings. The maximum Gasteiger partial charge on any atom is 0.220 e. The quantitative estimate of drug-likeness (QED) is 0.0204. The minimum absolute atomic E-state index is 0.229. The number of carbonyl (C=O) groups excluding carboxylic acids is 1. The summed E-state index contributed by atoms with van der Waals surface area (Å²) in [5.74, 6) is -0.229. The molecule has 2 fully saturated rings. The van der Waals surface area contributed by atoms with Crippen LogP contribution in [0.3, 0.4) is 0 Å². The van der Waals surface area contributed by atoms with Crippen LogP contribution in [0.4, 0.5) is 0 Å². The van der Waals surface area contributed by atoms with Gasteiger partial charge in [0.25, 0.3) is 0 Å². The Kier molecular flexibility index (Phi) is 67.1. The molecule has 12 atom stereocenters. The topological polar surface area (TPSA) is 228 Å². The van der Waals surface area contributed by atoms with Gasteiger partial charge >= 0.3 is 0 Å². The van der Waals surface area contributed by atoms with Crippen LogP contribution in [0.1, 0.15) is 418 Å². The molecule has 9 N–H and O–H groups in total. The van der Waals surface area contributed by atoms with E-state index in [0.717, 1.165) is 44.9 Å². The number of hydrogen-bond acceptors (Lipinski definition) is 13. The Labute approximate surface area is 621 Å². The number of ether oxygens (including phenoxy) is 4. The van der Waals surface area contributed by atoms with Gasteiger partial charge in [0.1, 0.15) is 48.8 Å². The highest BCUT2D eigenvalue weighted by atomic mass is 16.7. The molecule has 596 valence electrons. The molecule has 0 aromatic carbocycles. The van der Waals surface area contributed by atoms with Crippen LogP contribution >= 0.6 is 0 Å². The molecule has 2 heterocycles. The van der Waals surface area contributed by atoms with E-state index in [1.807, 2.05) is 6.08 Å². The van der Waals surface area contributed by atoms with Crippen molar-refractivity contribution in [3.8, 4) is 0 Å². The van der Waals surface area contributed by atoms with Crippen molar-refractivity contribution >= 4 is 5.91 Å². The van der Waals surface area contributed by atoms with Crippen LogP contribution in [0.5, 0.6) is 0 Å². The third kappa shape index (κ3) is 53.6. The average molecular weight is 1430 g/mol. The molecule has 0 spiro atoms. The third-order valence-electron chi connectivity index (χ3n) is 21.6. The van der Waals surface area contributed by atoms with Crippen molar-refractivity contribution in [2.45, 2.75) is 492 Å². The van der Waals surface area contributed by atoms with Crippen LogP contribution in [-0.2, 0) is 23.7 Å². The van der Waals surface area contributed by atoms with Crippen molar-refractivity contribution in [1.29, 1.82) is 0 Å². The van der Waals surface area contributed by atoms with E-state index in [1.54, 1.807) is 6.08 Å². The fraction of sp³-hybridized carbons (Fsp3) is 0.920. The van der Waals surface area contributed by atoms with E-state index >= 15 is 0 Å². The molecule has 0 aliphatic carbocycles. The second-order valence-corrected chi connectivity index (χ2v) is 31.0. The lowest BCUT2D eigenvalue weighted by atomic mass is 9.97. The van der Waals surface area contributed by atoms with Crippen molar-refractivity contribution in [3.05, 3.63) is 36.5 Å². The van der Waals surface area contributed by atoms with Gasteiger partial charge in [-0.05, 0) is 51.4 Å². The van der Waals surface area contributed by atoms with Gasteiger partial charge in [0.2, 0.25) is 5.91 Å². The lowest BCUT2D eigenvalue weighted by molar-refractivity contribution is -0.359. The molecule has 14 heteroatoms. The first-order valence-electron chi connectivity index (χ1n) is 43.7. The lowest BCUT2D eigenvalue weighted by Gasteiger charge is -2.46. The fourth-order valence-corrected chi connectivity index (χ4v) is 14.7. The van der Waals surface area contributed by atoms with Crippen LogP contribution in [0.15, 0.2) is 36.5 Å². The summed E-state index contributed by atoms with van der Waals surface area (Å²) in [6, 6.07) is -0.915. The predicted molar refractivity (Wildman–Crippen MR) is 420 cm³/mol. The third-order valence-corrected chi connectivity index (χ3v) is 21.6. The number of rotatable bonds is 75. The molecule has 2 rings (SSSR count). The standard InChI is InChI=1S/C87H165NO13/c1-3-5-7-9-11-13-15-17-19-21-23-25-27-29-31-33-34-35-36-37-38-39-40-41-42-43-45-47-49-51-53-55-57-59-61-63-65-67-69-71-79(92)88-75(74-98-86-84(97)82(95)85(78(73-90)100-86)101-87-83(96)81(94)80(93)77(72-89)99-87)76(91)70-68-66-64-62-60-58-56-54-52-50-48-46-44-32-30-28-26-24-22-20-18-16-14-12-10-8-6-4-2/h15,17,21,23,68,70,75-78,80-87,89-91,93-97H,3-14,16,18-20,22,24-67,69,71-74H2,1-2H3,(H,88,92)/b17-15-,23-21-,70-68+. The summed E-state index contributed by atoms with van der Waals surface area (Å²) in [5.41, 5.74) is 0. The Morgan fingerprint density at radius 1 is 0.356 bits per heavy atom. The maximum atomic E-state index is 13.4. The molecule has 2 saturated heterocycles. The molecule has 2 aliphatic heterocycles. The molecular weight excluding hydrogens is 1270 g/mol. The van der Waals surface area contributed by atoms with Crippen LogP contribution in [-0.4, -0.2) is 140 Å². The van der Waals surface area contributed by atoms with Gasteiger partial charge in [0, 0.05) is 6.42 Å². The number of hydrogen-bond donors (Lipinski definition) is 9. The van der Waals surface area contributed by atoms with Gasteiger partial charge in [-0.25, -0.2) is 0 Å². The van der Waals surface area contributed by atoms with Crippen LogP contribution in [0.2, 0.25) is 0 Å². The van der Waals surface area contributed by atoms with Gasteiger partial charge in [-0.3, -0.25) is 4.79 Å².